The smallest absolute Gasteiger partial charge is 0.186 e. The summed E-state index contributed by atoms with van der Waals surface area (Å²) in [5, 5.41) is 10.9. The second-order valence-corrected chi connectivity index (χ2v) is 6.84. The van der Waals surface area contributed by atoms with Gasteiger partial charge < -0.3 is 10.0 Å². The molecule has 5 heteroatoms. The Labute approximate surface area is 116 Å². The standard InChI is InChI=1S/C14H17N3OS/c18-9-14-4-1-2-10(14)7-17(8-14)13-16-11-6-15-5-3-12(11)19-13/h3,5-6,10,18H,1-2,4,7-9H2. The number of aromatic nitrogens is 2. The summed E-state index contributed by atoms with van der Waals surface area (Å²) < 4.78 is 1.19. The largest absolute Gasteiger partial charge is 0.396 e. The first-order valence-corrected chi connectivity index (χ1v) is 7.69. The Hall–Kier alpha value is -1.20. The van der Waals surface area contributed by atoms with Crippen molar-refractivity contribution in [2.24, 2.45) is 11.3 Å². The molecule has 0 spiro atoms. The van der Waals surface area contributed by atoms with E-state index in [0.29, 0.717) is 12.5 Å². The lowest BCUT2D eigenvalue weighted by Crippen LogP contribution is -2.30. The minimum absolute atomic E-state index is 0.135. The highest BCUT2D eigenvalue weighted by Crippen LogP contribution is 2.49. The molecule has 2 aromatic heterocycles. The first kappa shape index (κ1) is 11.6. The normalized spacial score (nSPS) is 30.2. The second kappa shape index (κ2) is 4.15. The van der Waals surface area contributed by atoms with Gasteiger partial charge in [0.05, 0.1) is 17.5 Å². The van der Waals surface area contributed by atoms with E-state index in [1.807, 2.05) is 18.5 Å². The number of rotatable bonds is 2. The molecule has 1 aliphatic heterocycles. The maximum absolute atomic E-state index is 9.78. The van der Waals surface area contributed by atoms with Crippen LogP contribution in [0, 0.1) is 11.3 Å². The third-order valence-corrected chi connectivity index (χ3v) is 5.90. The van der Waals surface area contributed by atoms with Gasteiger partial charge in [0.2, 0.25) is 0 Å². The first-order chi connectivity index (χ1) is 9.31. The summed E-state index contributed by atoms with van der Waals surface area (Å²) in [7, 11) is 0. The van der Waals surface area contributed by atoms with Crippen molar-refractivity contribution in [3.63, 3.8) is 0 Å². The summed E-state index contributed by atoms with van der Waals surface area (Å²) >= 11 is 1.74. The highest BCUT2D eigenvalue weighted by molar-refractivity contribution is 7.22. The zero-order valence-corrected chi connectivity index (χ0v) is 11.6. The topological polar surface area (TPSA) is 49.2 Å². The average molecular weight is 275 g/mol. The number of aliphatic hydroxyl groups is 1. The zero-order valence-electron chi connectivity index (χ0n) is 10.7. The summed E-state index contributed by atoms with van der Waals surface area (Å²) in [6.07, 6.45) is 7.33. The molecular formula is C14H17N3OS. The molecule has 1 N–H and O–H groups in total. The molecule has 0 radical (unpaired) electrons. The van der Waals surface area contributed by atoms with Crippen LogP contribution in [0.15, 0.2) is 18.5 Å². The highest BCUT2D eigenvalue weighted by Gasteiger charge is 2.49. The molecule has 0 amide bonds. The molecule has 100 valence electrons. The third kappa shape index (κ3) is 1.68. The number of hydrogen-bond donors (Lipinski definition) is 1. The lowest BCUT2D eigenvalue weighted by molar-refractivity contribution is 0.121. The van der Waals surface area contributed by atoms with Crippen LogP contribution in [0.3, 0.4) is 0 Å². The van der Waals surface area contributed by atoms with Crippen LogP contribution < -0.4 is 4.90 Å². The predicted octanol–water partition coefficient (Wildman–Crippen LogP) is 2.29. The molecule has 1 aliphatic carbocycles. The maximum Gasteiger partial charge on any atom is 0.186 e. The molecule has 2 fully saturated rings. The van der Waals surface area contributed by atoms with Gasteiger partial charge in [0.1, 0.15) is 5.52 Å². The SMILES string of the molecule is OCC12CCCC1CN(c1nc3cnccc3s1)C2. The Morgan fingerprint density at radius 3 is 3.26 bits per heavy atom. The zero-order chi connectivity index (χ0) is 12.9. The van der Waals surface area contributed by atoms with Gasteiger partial charge in [0, 0.05) is 24.7 Å². The van der Waals surface area contributed by atoms with Gasteiger partial charge in [-0.15, -0.1) is 0 Å². The number of pyridine rings is 1. The monoisotopic (exact) mass is 275 g/mol. The van der Waals surface area contributed by atoms with E-state index in [-0.39, 0.29) is 5.41 Å². The fourth-order valence-electron chi connectivity index (χ4n) is 3.72. The van der Waals surface area contributed by atoms with Crippen molar-refractivity contribution >= 4 is 26.7 Å². The number of fused-ring (bicyclic) bond motifs is 2. The lowest BCUT2D eigenvalue weighted by atomic mass is 9.82. The Kier molecular flexibility index (Phi) is 2.53. The molecule has 2 atom stereocenters. The number of anilines is 1. The Morgan fingerprint density at radius 1 is 1.53 bits per heavy atom. The van der Waals surface area contributed by atoms with Crippen LogP contribution in [0.1, 0.15) is 19.3 Å². The Balaban J connectivity index is 1.67. The summed E-state index contributed by atoms with van der Waals surface area (Å²) in [4.78, 5) is 11.2. The van der Waals surface area contributed by atoms with E-state index in [4.69, 9.17) is 0 Å². The van der Waals surface area contributed by atoms with Crippen molar-refractivity contribution in [3.8, 4) is 0 Å². The average Bonchev–Trinajstić information content (AvgIpc) is 3.09. The van der Waals surface area contributed by atoms with E-state index in [2.05, 4.69) is 14.9 Å². The van der Waals surface area contributed by atoms with Crippen molar-refractivity contribution in [3.05, 3.63) is 18.5 Å². The molecule has 4 rings (SSSR count). The van der Waals surface area contributed by atoms with Gasteiger partial charge in [-0.2, -0.15) is 0 Å². The summed E-state index contributed by atoms with van der Waals surface area (Å²) in [6.45, 7) is 2.33. The number of aliphatic hydroxyl groups excluding tert-OH is 1. The van der Waals surface area contributed by atoms with E-state index < -0.39 is 0 Å². The van der Waals surface area contributed by atoms with Crippen LogP contribution in [0.5, 0.6) is 0 Å². The van der Waals surface area contributed by atoms with E-state index in [1.54, 1.807) is 11.3 Å². The fraction of sp³-hybridized carbons (Fsp3) is 0.571. The van der Waals surface area contributed by atoms with Crippen LogP contribution in [-0.2, 0) is 0 Å². The van der Waals surface area contributed by atoms with Gasteiger partial charge in [0.15, 0.2) is 5.13 Å². The van der Waals surface area contributed by atoms with Crippen LogP contribution in [0.25, 0.3) is 10.2 Å². The summed E-state index contributed by atoms with van der Waals surface area (Å²) in [5.41, 5.74) is 1.12. The molecule has 19 heavy (non-hydrogen) atoms. The predicted molar refractivity (Wildman–Crippen MR) is 76.5 cm³/mol. The van der Waals surface area contributed by atoms with Crippen molar-refractivity contribution in [2.75, 3.05) is 24.6 Å². The molecule has 0 aromatic carbocycles. The molecular weight excluding hydrogens is 258 g/mol. The minimum Gasteiger partial charge on any atom is -0.396 e. The third-order valence-electron chi connectivity index (χ3n) is 4.80. The van der Waals surface area contributed by atoms with Gasteiger partial charge in [-0.3, -0.25) is 4.98 Å². The molecule has 4 nitrogen and oxygen atoms in total. The fourth-order valence-corrected chi connectivity index (χ4v) is 4.66. The van der Waals surface area contributed by atoms with Gasteiger partial charge in [-0.25, -0.2) is 4.98 Å². The molecule has 2 unspecified atom stereocenters. The van der Waals surface area contributed by atoms with Gasteiger partial charge in [-0.05, 0) is 24.8 Å². The van der Waals surface area contributed by atoms with E-state index >= 15 is 0 Å². The van der Waals surface area contributed by atoms with Crippen molar-refractivity contribution in [2.45, 2.75) is 19.3 Å². The van der Waals surface area contributed by atoms with Crippen LogP contribution in [0.4, 0.5) is 5.13 Å². The second-order valence-electron chi connectivity index (χ2n) is 5.83. The molecule has 2 aromatic rings. The van der Waals surface area contributed by atoms with Crippen molar-refractivity contribution < 1.29 is 5.11 Å². The Morgan fingerprint density at radius 2 is 2.47 bits per heavy atom. The van der Waals surface area contributed by atoms with E-state index in [0.717, 1.165) is 30.2 Å². The summed E-state index contributed by atoms with van der Waals surface area (Å²) in [6, 6.07) is 2.02. The number of nitrogens with zero attached hydrogens (tertiary/aromatic N) is 3. The van der Waals surface area contributed by atoms with Crippen LogP contribution in [0.2, 0.25) is 0 Å². The quantitative estimate of drug-likeness (QED) is 0.913. The highest BCUT2D eigenvalue weighted by atomic mass is 32.1. The molecule has 1 saturated heterocycles. The van der Waals surface area contributed by atoms with Crippen molar-refractivity contribution in [1.29, 1.82) is 0 Å². The molecule has 2 aliphatic rings. The maximum atomic E-state index is 9.78. The van der Waals surface area contributed by atoms with Gasteiger partial charge in [-0.1, -0.05) is 17.8 Å². The Bertz CT molecular complexity index is 581. The van der Waals surface area contributed by atoms with E-state index in [1.165, 1.54) is 17.5 Å². The van der Waals surface area contributed by atoms with E-state index in [9.17, 15) is 5.11 Å². The number of hydrogen-bond acceptors (Lipinski definition) is 5. The molecule has 3 heterocycles. The van der Waals surface area contributed by atoms with Crippen molar-refractivity contribution in [1.82, 2.24) is 9.97 Å². The van der Waals surface area contributed by atoms with Gasteiger partial charge >= 0.3 is 0 Å². The lowest BCUT2D eigenvalue weighted by Gasteiger charge is -2.25. The van der Waals surface area contributed by atoms with Gasteiger partial charge in [0.25, 0.3) is 0 Å². The molecule has 0 bridgehead atoms. The van der Waals surface area contributed by atoms with Crippen LogP contribution >= 0.6 is 11.3 Å². The summed E-state index contributed by atoms with van der Waals surface area (Å²) in [5.74, 6) is 0.641. The minimum atomic E-state index is 0.135. The van der Waals surface area contributed by atoms with Crippen LogP contribution in [-0.4, -0.2) is 34.8 Å². The molecule has 1 saturated carbocycles. The number of thiazole rings is 1. The first-order valence-electron chi connectivity index (χ1n) is 6.87.